The van der Waals surface area contributed by atoms with Crippen LogP contribution in [0.1, 0.15) is 30.9 Å². The molecular weight excluding hydrogens is 585 g/mol. The second-order valence-corrected chi connectivity index (χ2v) is 12.0. The molecule has 0 heterocycles. The molecule has 3 aromatic carbocycles. The van der Waals surface area contributed by atoms with Crippen molar-refractivity contribution in [1.82, 2.24) is 10.2 Å². The van der Waals surface area contributed by atoms with E-state index < -0.39 is 34.3 Å². The summed E-state index contributed by atoms with van der Waals surface area (Å²) in [5, 5.41) is 2.90. The fourth-order valence-corrected chi connectivity index (χ4v) is 5.34. The quantitative estimate of drug-likeness (QED) is 0.276. The third kappa shape index (κ3) is 8.90. The largest absolute Gasteiger partial charge is 0.354 e. The van der Waals surface area contributed by atoms with Crippen LogP contribution in [-0.2, 0) is 32.6 Å². The molecule has 3 rings (SSSR count). The van der Waals surface area contributed by atoms with E-state index in [0.29, 0.717) is 11.0 Å². The van der Waals surface area contributed by atoms with Crippen molar-refractivity contribution in [3.63, 3.8) is 0 Å². The number of benzene rings is 3. The van der Waals surface area contributed by atoms with E-state index in [4.69, 9.17) is 0 Å². The number of sulfonamides is 1. The summed E-state index contributed by atoms with van der Waals surface area (Å²) in [5.41, 5.74) is 1.32. The molecule has 0 aliphatic heterocycles. The van der Waals surface area contributed by atoms with Crippen LogP contribution < -0.4 is 9.62 Å². The van der Waals surface area contributed by atoms with Crippen LogP contribution in [0.25, 0.3) is 0 Å². The minimum atomic E-state index is -3.88. The van der Waals surface area contributed by atoms with E-state index in [1.165, 1.54) is 11.0 Å². The molecule has 1 atom stereocenters. The summed E-state index contributed by atoms with van der Waals surface area (Å²) in [4.78, 5) is 28.7. The van der Waals surface area contributed by atoms with Gasteiger partial charge in [-0.3, -0.25) is 13.9 Å². The number of rotatable bonds is 13. The van der Waals surface area contributed by atoms with Crippen molar-refractivity contribution < 1.29 is 22.4 Å². The van der Waals surface area contributed by atoms with Gasteiger partial charge in [0.2, 0.25) is 21.8 Å². The molecule has 7 nitrogen and oxygen atoms in total. The highest BCUT2D eigenvalue weighted by Gasteiger charge is 2.33. The van der Waals surface area contributed by atoms with Gasteiger partial charge in [-0.05, 0) is 36.2 Å². The number of unbranched alkanes of at least 4 members (excludes halogenated alkanes) is 1. The van der Waals surface area contributed by atoms with Gasteiger partial charge in [0.25, 0.3) is 0 Å². The van der Waals surface area contributed by atoms with E-state index in [2.05, 4.69) is 21.2 Å². The Bertz CT molecular complexity index is 1370. The van der Waals surface area contributed by atoms with E-state index in [9.17, 15) is 22.4 Å². The molecule has 1 unspecified atom stereocenters. The lowest BCUT2D eigenvalue weighted by atomic mass is 10.0. The van der Waals surface area contributed by atoms with Crippen molar-refractivity contribution >= 4 is 43.5 Å². The highest BCUT2D eigenvalue weighted by molar-refractivity contribution is 9.10. The molecule has 0 spiro atoms. The Morgan fingerprint density at radius 3 is 2.33 bits per heavy atom. The number of hydrogen-bond donors (Lipinski definition) is 1. The highest BCUT2D eigenvalue weighted by atomic mass is 79.9. The summed E-state index contributed by atoms with van der Waals surface area (Å²) >= 11 is 3.34. The van der Waals surface area contributed by atoms with Gasteiger partial charge >= 0.3 is 0 Å². The lowest BCUT2D eigenvalue weighted by Crippen LogP contribution is -2.53. The Labute approximate surface area is 238 Å². The summed E-state index contributed by atoms with van der Waals surface area (Å²) in [7, 11) is -3.88. The molecule has 0 radical (unpaired) electrons. The molecule has 0 saturated heterocycles. The number of amides is 2. The number of carbonyl (C=O) groups excluding carboxylic acids is 2. The van der Waals surface area contributed by atoms with E-state index >= 15 is 0 Å². The van der Waals surface area contributed by atoms with Crippen LogP contribution in [0.4, 0.5) is 10.1 Å². The Morgan fingerprint density at radius 2 is 1.69 bits per heavy atom. The first-order valence-electron chi connectivity index (χ1n) is 12.7. The molecule has 0 bridgehead atoms. The molecule has 10 heteroatoms. The van der Waals surface area contributed by atoms with Gasteiger partial charge in [0.1, 0.15) is 18.4 Å². The number of carbonyl (C=O) groups is 2. The second kappa shape index (κ2) is 14.2. The number of nitrogens with zero attached hydrogens (tertiary/aromatic N) is 2. The van der Waals surface area contributed by atoms with Crippen molar-refractivity contribution in [3.8, 4) is 0 Å². The molecular formula is C29H33BrFN3O4S. The van der Waals surface area contributed by atoms with Crippen molar-refractivity contribution in [1.29, 1.82) is 0 Å². The van der Waals surface area contributed by atoms with E-state index in [0.717, 1.165) is 29.0 Å². The smallest absolute Gasteiger partial charge is 0.244 e. The van der Waals surface area contributed by atoms with Gasteiger partial charge in [-0.15, -0.1) is 0 Å². The van der Waals surface area contributed by atoms with Crippen LogP contribution in [0.2, 0.25) is 0 Å². The first kappa shape index (κ1) is 30.3. The molecule has 208 valence electrons. The number of nitrogens with one attached hydrogen (secondary N) is 1. The highest BCUT2D eigenvalue weighted by Crippen LogP contribution is 2.24. The predicted octanol–water partition coefficient (Wildman–Crippen LogP) is 4.91. The Hall–Kier alpha value is -3.24. The van der Waals surface area contributed by atoms with Crippen molar-refractivity contribution in [2.45, 2.75) is 38.8 Å². The summed E-state index contributed by atoms with van der Waals surface area (Å²) in [6, 6.07) is 20.8. The van der Waals surface area contributed by atoms with E-state index in [1.54, 1.807) is 42.5 Å². The fraction of sp³-hybridized carbons (Fsp3) is 0.310. The first-order valence-corrected chi connectivity index (χ1v) is 15.3. The average Bonchev–Trinajstić information content (AvgIpc) is 2.90. The molecule has 39 heavy (non-hydrogen) atoms. The van der Waals surface area contributed by atoms with Crippen LogP contribution in [0.5, 0.6) is 0 Å². The number of hydrogen-bond acceptors (Lipinski definition) is 4. The van der Waals surface area contributed by atoms with Crippen molar-refractivity contribution in [2.75, 3.05) is 23.7 Å². The van der Waals surface area contributed by atoms with Gasteiger partial charge in [-0.1, -0.05) is 83.9 Å². The van der Waals surface area contributed by atoms with E-state index in [1.807, 2.05) is 37.3 Å². The lowest BCUT2D eigenvalue weighted by molar-refractivity contribution is -0.140. The molecule has 2 amide bonds. The van der Waals surface area contributed by atoms with Gasteiger partial charge in [0, 0.05) is 29.5 Å². The molecule has 0 aliphatic rings. The molecule has 0 fully saturated rings. The molecule has 3 aromatic rings. The van der Waals surface area contributed by atoms with Gasteiger partial charge in [-0.2, -0.15) is 0 Å². The van der Waals surface area contributed by atoms with E-state index in [-0.39, 0.29) is 30.1 Å². The monoisotopic (exact) mass is 617 g/mol. The maximum absolute atomic E-state index is 14.8. The van der Waals surface area contributed by atoms with Gasteiger partial charge < -0.3 is 10.2 Å². The maximum atomic E-state index is 14.8. The van der Waals surface area contributed by atoms with Crippen LogP contribution in [-0.4, -0.2) is 50.5 Å². The van der Waals surface area contributed by atoms with Crippen LogP contribution >= 0.6 is 15.9 Å². The van der Waals surface area contributed by atoms with Gasteiger partial charge in [0.15, 0.2) is 0 Å². The zero-order chi connectivity index (χ0) is 28.4. The first-order chi connectivity index (χ1) is 18.6. The molecule has 0 aromatic heterocycles. The third-order valence-corrected chi connectivity index (χ3v) is 7.81. The fourth-order valence-electron chi connectivity index (χ4n) is 4.12. The topological polar surface area (TPSA) is 86.8 Å². The zero-order valence-electron chi connectivity index (χ0n) is 22.0. The average molecular weight is 619 g/mol. The molecule has 0 aliphatic carbocycles. The predicted molar refractivity (Wildman–Crippen MR) is 155 cm³/mol. The number of halogens is 2. The summed E-state index contributed by atoms with van der Waals surface area (Å²) < 4.78 is 42.0. The molecule has 0 saturated carbocycles. The maximum Gasteiger partial charge on any atom is 0.244 e. The van der Waals surface area contributed by atoms with Crippen LogP contribution in [0.15, 0.2) is 83.3 Å². The normalized spacial score (nSPS) is 12.0. The Morgan fingerprint density at radius 1 is 1.00 bits per heavy atom. The summed E-state index contributed by atoms with van der Waals surface area (Å²) in [6.45, 7) is 1.66. The summed E-state index contributed by atoms with van der Waals surface area (Å²) in [5.74, 6) is -1.53. The number of anilines is 1. The zero-order valence-corrected chi connectivity index (χ0v) is 24.4. The minimum absolute atomic E-state index is 0.175. The van der Waals surface area contributed by atoms with Crippen LogP contribution in [0, 0.1) is 5.82 Å². The second-order valence-electron chi connectivity index (χ2n) is 9.21. The minimum Gasteiger partial charge on any atom is -0.354 e. The standard InChI is InChI=1S/C29H33BrFN3O4S/c1-3-4-17-32-29(36)27(18-22-11-6-5-7-12-22)33(20-23-13-8-9-16-26(23)31)28(35)21-34(39(2,37)38)25-15-10-14-24(30)19-25/h5-16,19,27H,3-4,17-18,20-21H2,1-2H3,(H,32,36). The van der Waals surface area contributed by atoms with Crippen LogP contribution in [0.3, 0.4) is 0 Å². The SMILES string of the molecule is CCCCNC(=O)C(Cc1ccccc1)N(Cc1ccccc1F)C(=O)CN(c1cccc(Br)c1)S(C)(=O)=O. The molecule has 1 N–H and O–H groups in total. The van der Waals surface area contributed by atoms with Crippen molar-refractivity contribution in [2.24, 2.45) is 0 Å². The van der Waals surface area contributed by atoms with Gasteiger partial charge in [0.05, 0.1) is 11.9 Å². The lowest BCUT2D eigenvalue weighted by Gasteiger charge is -2.33. The Balaban J connectivity index is 2.04. The Kier molecular flexibility index (Phi) is 11.1. The van der Waals surface area contributed by atoms with Gasteiger partial charge in [-0.25, -0.2) is 12.8 Å². The van der Waals surface area contributed by atoms with Crippen molar-refractivity contribution in [3.05, 3.63) is 100 Å². The summed E-state index contributed by atoms with van der Waals surface area (Å²) in [6.07, 6.45) is 2.82. The third-order valence-electron chi connectivity index (χ3n) is 6.17.